The minimum atomic E-state index is -3.18. The fourth-order valence-corrected chi connectivity index (χ4v) is 4.43. The van der Waals surface area contributed by atoms with E-state index in [2.05, 4.69) is 20.3 Å². The first-order chi connectivity index (χ1) is 14.1. The maximum Gasteiger partial charge on any atom is 0.277 e. The molecule has 0 bridgehead atoms. The van der Waals surface area contributed by atoms with Gasteiger partial charge in [-0.05, 0) is 38.8 Å². The van der Waals surface area contributed by atoms with Gasteiger partial charge in [-0.15, -0.1) is 0 Å². The van der Waals surface area contributed by atoms with Crippen LogP contribution in [-0.4, -0.2) is 64.6 Å². The van der Waals surface area contributed by atoms with E-state index in [0.29, 0.717) is 49.3 Å². The van der Waals surface area contributed by atoms with Crippen LogP contribution < -0.4 is 15.0 Å². The van der Waals surface area contributed by atoms with Crippen LogP contribution in [0.5, 0.6) is 5.75 Å². The molecule has 1 saturated heterocycles. The van der Waals surface area contributed by atoms with Crippen LogP contribution in [0.3, 0.4) is 0 Å². The van der Waals surface area contributed by atoms with Gasteiger partial charge in [-0.2, -0.15) is 4.98 Å². The molecule has 0 spiro atoms. The average molecular weight is 433 g/mol. The zero-order valence-corrected chi connectivity index (χ0v) is 17.9. The lowest BCUT2D eigenvalue weighted by molar-refractivity contribution is -0.131. The lowest BCUT2D eigenvalue weighted by Crippen LogP contribution is -2.51. The van der Waals surface area contributed by atoms with E-state index in [1.165, 1.54) is 15.5 Å². The van der Waals surface area contributed by atoms with Gasteiger partial charge in [-0.25, -0.2) is 27.6 Å². The third-order valence-electron chi connectivity index (χ3n) is 5.17. The maximum atomic E-state index is 13.1. The first-order valence-electron chi connectivity index (χ1n) is 9.68. The van der Waals surface area contributed by atoms with E-state index in [0.717, 1.165) is 0 Å². The monoisotopic (exact) mass is 432 g/mol. The molecular formula is C19H24N6O4S. The number of carbonyl (C=O) groups excluding carboxylic acids is 1. The van der Waals surface area contributed by atoms with Gasteiger partial charge in [0.15, 0.2) is 17.2 Å². The van der Waals surface area contributed by atoms with Gasteiger partial charge in [0.05, 0.1) is 12.5 Å². The number of hydrogen-bond donors (Lipinski definition) is 1. The summed E-state index contributed by atoms with van der Waals surface area (Å²) < 4.78 is 30.7. The fraction of sp³-hybridized carbons (Fsp3) is 0.474. The standard InChI is InChI=1S/C19H24N6O4S/c1-19(2)17(26)25(15-6-4-5-9-20-15)16-14(29-19)12-21-18(23-16)22-13-7-10-24(11-8-13)30(3,27)28/h4-6,9,12-13H,7-8,10-11H2,1-3H3,(H,21,22,23). The SMILES string of the molecule is CC1(C)Oc2cnc(NC3CCN(S(C)(=O)=O)CC3)nc2N(c2ccccn2)C1=O. The maximum absolute atomic E-state index is 13.1. The van der Waals surface area contributed by atoms with Crippen molar-refractivity contribution in [1.29, 1.82) is 0 Å². The first-order valence-corrected chi connectivity index (χ1v) is 11.5. The van der Waals surface area contributed by atoms with Gasteiger partial charge in [-0.3, -0.25) is 4.79 Å². The van der Waals surface area contributed by atoms with E-state index in [1.807, 2.05) is 0 Å². The number of pyridine rings is 1. The van der Waals surface area contributed by atoms with Crippen molar-refractivity contribution in [1.82, 2.24) is 19.3 Å². The number of piperidine rings is 1. The Balaban J connectivity index is 1.59. The second-order valence-corrected chi connectivity index (χ2v) is 9.89. The zero-order valence-electron chi connectivity index (χ0n) is 17.1. The Bertz CT molecular complexity index is 1050. The molecular weight excluding hydrogens is 408 g/mol. The van der Waals surface area contributed by atoms with Crippen molar-refractivity contribution in [3.05, 3.63) is 30.6 Å². The molecule has 4 rings (SSSR count). The molecule has 2 aliphatic heterocycles. The van der Waals surface area contributed by atoms with E-state index in [1.54, 1.807) is 44.4 Å². The number of fused-ring (bicyclic) bond motifs is 1. The number of aromatic nitrogens is 3. The smallest absolute Gasteiger partial charge is 0.277 e. The summed E-state index contributed by atoms with van der Waals surface area (Å²) in [5.41, 5.74) is -1.08. The molecule has 4 heterocycles. The fourth-order valence-electron chi connectivity index (χ4n) is 3.56. The van der Waals surface area contributed by atoms with Crippen LogP contribution in [0.25, 0.3) is 0 Å². The Morgan fingerprint density at radius 1 is 1.20 bits per heavy atom. The van der Waals surface area contributed by atoms with Gasteiger partial charge >= 0.3 is 0 Å². The molecule has 160 valence electrons. The zero-order chi connectivity index (χ0) is 21.5. The van der Waals surface area contributed by atoms with Crippen molar-refractivity contribution < 1.29 is 17.9 Å². The second kappa shape index (κ2) is 7.47. The van der Waals surface area contributed by atoms with Crippen molar-refractivity contribution in [2.24, 2.45) is 0 Å². The summed E-state index contributed by atoms with van der Waals surface area (Å²) in [6.07, 6.45) is 5.65. The molecule has 0 unspecified atom stereocenters. The van der Waals surface area contributed by atoms with Crippen LogP contribution in [0.2, 0.25) is 0 Å². The molecule has 2 aromatic heterocycles. The first kappa shape index (κ1) is 20.5. The molecule has 2 aromatic rings. The number of ether oxygens (including phenoxy) is 1. The molecule has 1 N–H and O–H groups in total. The van der Waals surface area contributed by atoms with E-state index < -0.39 is 15.6 Å². The van der Waals surface area contributed by atoms with Crippen molar-refractivity contribution in [2.45, 2.75) is 38.3 Å². The second-order valence-electron chi connectivity index (χ2n) is 7.90. The van der Waals surface area contributed by atoms with E-state index in [4.69, 9.17) is 4.74 Å². The van der Waals surface area contributed by atoms with Crippen LogP contribution in [-0.2, 0) is 14.8 Å². The predicted molar refractivity (Wildman–Crippen MR) is 111 cm³/mol. The highest BCUT2D eigenvalue weighted by Gasteiger charge is 2.43. The summed E-state index contributed by atoms with van der Waals surface area (Å²) in [6.45, 7) is 4.26. The van der Waals surface area contributed by atoms with E-state index in [-0.39, 0.29) is 11.9 Å². The molecule has 30 heavy (non-hydrogen) atoms. The molecule has 0 radical (unpaired) electrons. The number of sulfonamides is 1. The minimum absolute atomic E-state index is 0.0287. The topological polar surface area (TPSA) is 118 Å². The number of rotatable bonds is 4. The minimum Gasteiger partial charge on any atom is -0.472 e. The lowest BCUT2D eigenvalue weighted by atomic mass is 10.1. The summed E-state index contributed by atoms with van der Waals surface area (Å²) >= 11 is 0. The van der Waals surface area contributed by atoms with Gasteiger partial charge < -0.3 is 10.1 Å². The Morgan fingerprint density at radius 2 is 1.93 bits per heavy atom. The van der Waals surface area contributed by atoms with Crippen LogP contribution in [0.4, 0.5) is 17.6 Å². The molecule has 0 saturated carbocycles. The molecule has 2 aliphatic rings. The third kappa shape index (κ3) is 3.94. The number of carbonyl (C=O) groups is 1. The van der Waals surface area contributed by atoms with Crippen LogP contribution in [0, 0.1) is 0 Å². The summed E-state index contributed by atoms with van der Waals surface area (Å²) in [6, 6.07) is 5.34. The van der Waals surface area contributed by atoms with Gasteiger partial charge in [-0.1, -0.05) is 6.07 Å². The van der Waals surface area contributed by atoms with Gasteiger partial charge in [0.2, 0.25) is 16.0 Å². The van der Waals surface area contributed by atoms with Crippen molar-refractivity contribution >= 4 is 33.5 Å². The summed E-state index contributed by atoms with van der Waals surface area (Å²) in [7, 11) is -3.18. The highest BCUT2D eigenvalue weighted by Crippen LogP contribution is 2.40. The number of nitrogens with zero attached hydrogens (tertiary/aromatic N) is 5. The number of amides is 1. The van der Waals surface area contributed by atoms with Crippen molar-refractivity contribution in [2.75, 3.05) is 29.6 Å². The van der Waals surface area contributed by atoms with Crippen LogP contribution in [0.1, 0.15) is 26.7 Å². The average Bonchev–Trinajstić information content (AvgIpc) is 2.70. The molecule has 0 aliphatic carbocycles. The largest absolute Gasteiger partial charge is 0.472 e. The number of hydrogen-bond acceptors (Lipinski definition) is 8. The molecule has 0 atom stereocenters. The van der Waals surface area contributed by atoms with Crippen molar-refractivity contribution in [3.8, 4) is 5.75 Å². The predicted octanol–water partition coefficient (Wildman–Crippen LogP) is 1.54. The Morgan fingerprint density at radius 3 is 2.57 bits per heavy atom. The Kier molecular flexibility index (Phi) is 5.10. The highest BCUT2D eigenvalue weighted by atomic mass is 32.2. The highest BCUT2D eigenvalue weighted by molar-refractivity contribution is 7.88. The van der Waals surface area contributed by atoms with Crippen LogP contribution >= 0.6 is 0 Å². The quantitative estimate of drug-likeness (QED) is 0.773. The number of anilines is 3. The van der Waals surface area contributed by atoms with E-state index >= 15 is 0 Å². The van der Waals surface area contributed by atoms with Crippen molar-refractivity contribution in [3.63, 3.8) is 0 Å². The Labute approximate surface area is 175 Å². The molecule has 10 nitrogen and oxygen atoms in total. The Hall–Kier alpha value is -2.79. The third-order valence-corrected chi connectivity index (χ3v) is 6.47. The molecule has 0 aromatic carbocycles. The molecule has 11 heteroatoms. The summed E-state index contributed by atoms with van der Waals surface area (Å²) in [5, 5.41) is 3.25. The normalized spacial score (nSPS) is 19.8. The lowest BCUT2D eigenvalue weighted by Gasteiger charge is -2.37. The molecule has 1 amide bonds. The van der Waals surface area contributed by atoms with Crippen LogP contribution in [0.15, 0.2) is 30.6 Å². The van der Waals surface area contributed by atoms with Gasteiger partial charge in [0.25, 0.3) is 5.91 Å². The summed E-state index contributed by atoms with van der Waals surface area (Å²) in [4.78, 5) is 27.7. The molecule has 1 fully saturated rings. The number of nitrogens with one attached hydrogen (secondary N) is 1. The van der Waals surface area contributed by atoms with E-state index in [9.17, 15) is 13.2 Å². The van der Waals surface area contributed by atoms with Gasteiger partial charge in [0, 0.05) is 25.3 Å². The summed E-state index contributed by atoms with van der Waals surface area (Å²) in [5.74, 6) is 1.24. The van der Waals surface area contributed by atoms with Gasteiger partial charge in [0.1, 0.15) is 5.82 Å².